The van der Waals surface area contributed by atoms with Crippen LogP contribution in [-0.4, -0.2) is 5.54 Å². The molecule has 1 rings (SSSR count). The van der Waals surface area contributed by atoms with Crippen molar-refractivity contribution in [3.8, 4) is 0 Å². The number of nitrogens with two attached hydrogens (primary N) is 1. The van der Waals surface area contributed by atoms with E-state index in [1.165, 1.54) is 0 Å². The van der Waals surface area contributed by atoms with Gasteiger partial charge in [0.1, 0.15) is 0 Å². The van der Waals surface area contributed by atoms with Crippen molar-refractivity contribution in [1.82, 2.24) is 0 Å². The molecular weight excluding hydrogens is 229 g/mol. The summed E-state index contributed by atoms with van der Waals surface area (Å²) >= 11 is 11.9. The van der Waals surface area contributed by atoms with Crippen LogP contribution in [0.4, 0.5) is 0 Å². The zero-order valence-corrected chi connectivity index (χ0v) is 10.9. The first-order chi connectivity index (χ1) is 6.83. The molecule has 1 unspecified atom stereocenters. The third kappa shape index (κ3) is 3.37. The van der Waals surface area contributed by atoms with Crippen LogP contribution >= 0.6 is 23.2 Å². The fourth-order valence-electron chi connectivity index (χ4n) is 1.28. The van der Waals surface area contributed by atoms with E-state index in [2.05, 4.69) is 13.8 Å². The van der Waals surface area contributed by atoms with E-state index in [0.717, 1.165) is 12.0 Å². The molecule has 1 aromatic carbocycles. The molecule has 0 heterocycles. The van der Waals surface area contributed by atoms with Gasteiger partial charge in [0.2, 0.25) is 0 Å². The molecule has 0 amide bonds. The first-order valence-electron chi connectivity index (χ1n) is 5.06. The van der Waals surface area contributed by atoms with Gasteiger partial charge in [0.15, 0.2) is 0 Å². The molecule has 0 aromatic heterocycles. The van der Waals surface area contributed by atoms with Crippen molar-refractivity contribution < 1.29 is 0 Å². The lowest BCUT2D eigenvalue weighted by Gasteiger charge is -2.29. The maximum absolute atomic E-state index is 6.21. The van der Waals surface area contributed by atoms with Gasteiger partial charge < -0.3 is 5.73 Å². The van der Waals surface area contributed by atoms with E-state index in [4.69, 9.17) is 28.9 Å². The highest BCUT2D eigenvalue weighted by Crippen LogP contribution is 2.26. The molecule has 0 saturated carbocycles. The van der Waals surface area contributed by atoms with Gasteiger partial charge in [-0.3, -0.25) is 0 Å². The van der Waals surface area contributed by atoms with Gasteiger partial charge in [-0.2, -0.15) is 0 Å². The Morgan fingerprint density at radius 1 is 1.33 bits per heavy atom. The fraction of sp³-hybridized carbons (Fsp3) is 0.500. The van der Waals surface area contributed by atoms with E-state index in [1.54, 1.807) is 6.07 Å². The van der Waals surface area contributed by atoms with Crippen LogP contribution in [0.25, 0.3) is 0 Å². The lowest BCUT2D eigenvalue weighted by molar-refractivity contribution is 0.338. The molecule has 0 aliphatic carbocycles. The lowest BCUT2D eigenvalue weighted by Crippen LogP contribution is -2.43. The molecule has 0 aliphatic heterocycles. The molecule has 0 radical (unpaired) electrons. The van der Waals surface area contributed by atoms with Crippen LogP contribution in [0.5, 0.6) is 0 Å². The smallest absolute Gasteiger partial charge is 0.0453 e. The molecule has 15 heavy (non-hydrogen) atoms. The summed E-state index contributed by atoms with van der Waals surface area (Å²) in [6.45, 7) is 6.27. The minimum absolute atomic E-state index is 0.239. The molecule has 0 spiro atoms. The minimum Gasteiger partial charge on any atom is -0.325 e. The Morgan fingerprint density at radius 3 is 2.40 bits per heavy atom. The molecule has 0 aliphatic rings. The highest BCUT2D eigenvalue weighted by Gasteiger charge is 2.24. The second-order valence-electron chi connectivity index (χ2n) is 4.57. The first-order valence-corrected chi connectivity index (χ1v) is 5.81. The molecule has 84 valence electrons. The van der Waals surface area contributed by atoms with Crippen molar-refractivity contribution in [2.75, 3.05) is 0 Å². The van der Waals surface area contributed by atoms with Gasteiger partial charge in [0, 0.05) is 15.6 Å². The van der Waals surface area contributed by atoms with Crippen molar-refractivity contribution >= 4 is 23.2 Å². The van der Waals surface area contributed by atoms with E-state index >= 15 is 0 Å². The maximum atomic E-state index is 6.21. The van der Waals surface area contributed by atoms with E-state index < -0.39 is 0 Å². The third-order valence-electron chi connectivity index (χ3n) is 2.91. The van der Waals surface area contributed by atoms with E-state index in [9.17, 15) is 0 Å². The standard InChI is InChI=1S/C12H17Cl2N/c1-8(2)12(3,15)7-9-4-5-10(13)6-11(9)14/h4-6,8H,7,15H2,1-3H3. The van der Waals surface area contributed by atoms with Gasteiger partial charge in [-0.15, -0.1) is 0 Å². The molecule has 0 bridgehead atoms. The number of hydrogen-bond donors (Lipinski definition) is 1. The Balaban J connectivity index is 2.90. The largest absolute Gasteiger partial charge is 0.325 e. The molecular formula is C12H17Cl2N. The maximum Gasteiger partial charge on any atom is 0.0453 e. The summed E-state index contributed by atoms with van der Waals surface area (Å²) in [5.41, 5.74) is 7.02. The predicted molar refractivity (Wildman–Crippen MR) is 67.6 cm³/mol. The van der Waals surface area contributed by atoms with Crippen molar-refractivity contribution in [3.63, 3.8) is 0 Å². The van der Waals surface area contributed by atoms with Crippen molar-refractivity contribution in [1.29, 1.82) is 0 Å². The number of hydrogen-bond acceptors (Lipinski definition) is 1. The highest BCUT2D eigenvalue weighted by molar-refractivity contribution is 6.35. The van der Waals surface area contributed by atoms with Crippen molar-refractivity contribution in [3.05, 3.63) is 33.8 Å². The molecule has 3 heteroatoms. The lowest BCUT2D eigenvalue weighted by atomic mass is 9.84. The molecule has 0 saturated heterocycles. The normalized spacial score (nSPS) is 15.4. The highest BCUT2D eigenvalue weighted by atomic mass is 35.5. The molecule has 1 nitrogen and oxygen atoms in total. The summed E-state index contributed by atoms with van der Waals surface area (Å²) in [6.07, 6.45) is 0.765. The summed E-state index contributed by atoms with van der Waals surface area (Å²) in [7, 11) is 0. The Kier molecular flexibility index (Phi) is 4.05. The molecule has 1 atom stereocenters. The van der Waals surface area contributed by atoms with Crippen LogP contribution in [-0.2, 0) is 6.42 Å². The fourth-order valence-corrected chi connectivity index (χ4v) is 1.75. The number of benzene rings is 1. The third-order valence-corrected chi connectivity index (χ3v) is 3.49. The Bertz CT molecular complexity index is 345. The second kappa shape index (κ2) is 4.73. The first kappa shape index (κ1) is 12.8. The van der Waals surface area contributed by atoms with E-state index in [0.29, 0.717) is 16.0 Å². The zero-order valence-electron chi connectivity index (χ0n) is 9.35. The van der Waals surface area contributed by atoms with Crippen LogP contribution in [0.2, 0.25) is 10.0 Å². The Hall–Kier alpha value is -0.240. The minimum atomic E-state index is -0.239. The van der Waals surface area contributed by atoms with E-state index in [-0.39, 0.29) is 5.54 Å². The molecule has 0 fully saturated rings. The quantitative estimate of drug-likeness (QED) is 0.859. The Morgan fingerprint density at radius 2 is 1.93 bits per heavy atom. The van der Waals surface area contributed by atoms with Gasteiger partial charge in [0.25, 0.3) is 0 Å². The molecule has 2 N–H and O–H groups in total. The van der Waals surface area contributed by atoms with E-state index in [1.807, 2.05) is 19.1 Å². The summed E-state index contributed by atoms with van der Waals surface area (Å²) in [5, 5.41) is 1.35. The van der Waals surface area contributed by atoms with Crippen LogP contribution < -0.4 is 5.73 Å². The van der Waals surface area contributed by atoms with Crippen LogP contribution in [0.3, 0.4) is 0 Å². The number of halogens is 2. The van der Waals surface area contributed by atoms with Gasteiger partial charge in [0.05, 0.1) is 0 Å². The monoisotopic (exact) mass is 245 g/mol. The van der Waals surface area contributed by atoms with Crippen LogP contribution in [0.15, 0.2) is 18.2 Å². The predicted octanol–water partition coefficient (Wildman–Crippen LogP) is 3.91. The topological polar surface area (TPSA) is 26.0 Å². The average molecular weight is 246 g/mol. The summed E-state index contributed by atoms with van der Waals surface area (Å²) in [6, 6.07) is 5.55. The zero-order chi connectivity index (χ0) is 11.6. The second-order valence-corrected chi connectivity index (χ2v) is 5.42. The van der Waals surface area contributed by atoms with Gasteiger partial charge in [-0.05, 0) is 37.0 Å². The van der Waals surface area contributed by atoms with Crippen molar-refractivity contribution in [2.45, 2.75) is 32.7 Å². The summed E-state index contributed by atoms with van der Waals surface area (Å²) in [5.74, 6) is 0.407. The summed E-state index contributed by atoms with van der Waals surface area (Å²) < 4.78 is 0. The number of rotatable bonds is 3. The van der Waals surface area contributed by atoms with Gasteiger partial charge in [-0.25, -0.2) is 0 Å². The van der Waals surface area contributed by atoms with Gasteiger partial charge >= 0.3 is 0 Å². The SMILES string of the molecule is CC(C)C(C)(N)Cc1ccc(Cl)cc1Cl. The van der Waals surface area contributed by atoms with Crippen molar-refractivity contribution in [2.24, 2.45) is 11.7 Å². The van der Waals surface area contributed by atoms with Crippen LogP contribution in [0.1, 0.15) is 26.3 Å². The Labute approximate surface area is 102 Å². The van der Waals surface area contributed by atoms with Gasteiger partial charge in [-0.1, -0.05) is 43.1 Å². The summed E-state index contributed by atoms with van der Waals surface area (Å²) in [4.78, 5) is 0. The average Bonchev–Trinajstić information content (AvgIpc) is 2.09. The van der Waals surface area contributed by atoms with Crippen LogP contribution in [0, 0.1) is 5.92 Å². The molecule has 1 aromatic rings.